The average Bonchev–Trinajstić information content (AvgIpc) is 2.34. The fraction of sp³-hybridized carbons (Fsp3) is 0.462. The maximum atomic E-state index is 11.9. The monoisotopic (exact) mass is 335 g/mol. The Balaban J connectivity index is 0.00000400. The Morgan fingerprint density at radius 1 is 1.33 bits per heavy atom. The van der Waals surface area contributed by atoms with Crippen molar-refractivity contribution in [1.29, 1.82) is 0 Å². The highest BCUT2D eigenvalue weighted by molar-refractivity contribution is 7.88. The Labute approximate surface area is 132 Å². The van der Waals surface area contributed by atoms with Gasteiger partial charge in [0.25, 0.3) is 0 Å². The molecule has 0 aliphatic heterocycles. The van der Waals surface area contributed by atoms with Crippen molar-refractivity contribution in [3.63, 3.8) is 0 Å². The summed E-state index contributed by atoms with van der Waals surface area (Å²) >= 11 is 0. The lowest BCUT2D eigenvalue weighted by atomic mass is 10.2. The van der Waals surface area contributed by atoms with Crippen LogP contribution in [0.25, 0.3) is 0 Å². The molecule has 0 aliphatic carbocycles. The van der Waals surface area contributed by atoms with Gasteiger partial charge in [0.1, 0.15) is 0 Å². The number of hydrogen-bond acceptors (Lipinski definition) is 4. The lowest BCUT2D eigenvalue weighted by Crippen LogP contribution is -2.41. The van der Waals surface area contributed by atoms with Crippen LogP contribution >= 0.6 is 12.4 Å². The molecule has 6 nitrogen and oxygen atoms in total. The fourth-order valence-corrected chi connectivity index (χ4v) is 2.40. The van der Waals surface area contributed by atoms with Crippen molar-refractivity contribution in [2.75, 3.05) is 18.1 Å². The molecule has 0 radical (unpaired) electrons. The van der Waals surface area contributed by atoms with Gasteiger partial charge in [0.2, 0.25) is 15.9 Å². The molecule has 1 unspecified atom stereocenters. The number of benzene rings is 1. The fourth-order valence-electron chi connectivity index (χ4n) is 1.65. The van der Waals surface area contributed by atoms with Crippen molar-refractivity contribution in [1.82, 2.24) is 10.0 Å². The lowest BCUT2D eigenvalue weighted by Gasteiger charge is -2.13. The Kier molecular flexibility index (Phi) is 8.50. The predicted octanol–water partition coefficient (Wildman–Crippen LogP) is 1.09. The van der Waals surface area contributed by atoms with Crippen LogP contribution in [0.5, 0.6) is 0 Å². The quantitative estimate of drug-likeness (QED) is 0.696. The Morgan fingerprint density at radius 3 is 2.57 bits per heavy atom. The number of carbonyl (C=O) groups is 1. The largest absolute Gasteiger partial charge is 0.325 e. The van der Waals surface area contributed by atoms with Crippen LogP contribution in [0.1, 0.15) is 19.4 Å². The minimum Gasteiger partial charge on any atom is -0.325 e. The first kappa shape index (κ1) is 19.9. The standard InChI is InChI=1S/C13H21N3O3S.ClH/c1-4-14-9-11-6-5-7-12(8-11)15-13(17)10(2)16-20(3,18)19;/h5-8,10,14,16H,4,9H2,1-3H3,(H,15,17);1H. The van der Waals surface area contributed by atoms with Gasteiger partial charge in [-0.25, -0.2) is 13.1 Å². The number of halogens is 1. The van der Waals surface area contributed by atoms with Gasteiger partial charge in [-0.1, -0.05) is 19.1 Å². The number of carbonyl (C=O) groups excluding carboxylic acids is 1. The second-order valence-corrected chi connectivity index (χ2v) is 6.36. The molecule has 0 bridgehead atoms. The van der Waals surface area contributed by atoms with Gasteiger partial charge >= 0.3 is 0 Å². The van der Waals surface area contributed by atoms with Crippen LogP contribution in [0.3, 0.4) is 0 Å². The van der Waals surface area contributed by atoms with Crippen LogP contribution in [-0.2, 0) is 21.4 Å². The average molecular weight is 336 g/mol. The number of amides is 1. The summed E-state index contributed by atoms with van der Waals surface area (Å²) < 4.78 is 24.4. The third kappa shape index (κ3) is 8.01. The first-order valence-electron chi connectivity index (χ1n) is 6.39. The molecule has 0 spiro atoms. The summed E-state index contributed by atoms with van der Waals surface area (Å²) in [6, 6.07) is 6.60. The number of hydrogen-bond donors (Lipinski definition) is 3. The summed E-state index contributed by atoms with van der Waals surface area (Å²) in [5.41, 5.74) is 1.70. The van der Waals surface area contributed by atoms with Gasteiger partial charge in [0, 0.05) is 12.2 Å². The summed E-state index contributed by atoms with van der Waals surface area (Å²) in [5, 5.41) is 5.88. The van der Waals surface area contributed by atoms with E-state index < -0.39 is 22.0 Å². The predicted molar refractivity (Wildman–Crippen MR) is 87.1 cm³/mol. The highest BCUT2D eigenvalue weighted by atomic mass is 35.5. The van der Waals surface area contributed by atoms with Gasteiger partial charge in [-0.2, -0.15) is 0 Å². The number of sulfonamides is 1. The van der Waals surface area contributed by atoms with E-state index in [1.54, 1.807) is 6.07 Å². The van der Waals surface area contributed by atoms with Crippen molar-refractivity contribution in [2.24, 2.45) is 0 Å². The minimum absolute atomic E-state index is 0. The van der Waals surface area contributed by atoms with E-state index in [2.05, 4.69) is 15.4 Å². The van der Waals surface area contributed by atoms with E-state index in [0.717, 1.165) is 24.9 Å². The minimum atomic E-state index is -3.40. The topological polar surface area (TPSA) is 87.3 Å². The summed E-state index contributed by atoms with van der Waals surface area (Å²) in [6.07, 6.45) is 1.02. The van der Waals surface area contributed by atoms with E-state index in [4.69, 9.17) is 0 Å². The van der Waals surface area contributed by atoms with E-state index in [9.17, 15) is 13.2 Å². The molecule has 1 aromatic carbocycles. The molecule has 0 aliphatic rings. The first-order chi connectivity index (χ1) is 9.31. The van der Waals surface area contributed by atoms with Crippen LogP contribution in [0.15, 0.2) is 24.3 Å². The molecule has 0 fully saturated rings. The van der Waals surface area contributed by atoms with Crippen LogP contribution in [0, 0.1) is 0 Å². The molecule has 0 saturated carbocycles. The Hall–Kier alpha value is -1.15. The zero-order valence-corrected chi connectivity index (χ0v) is 14.0. The van der Waals surface area contributed by atoms with E-state index in [1.807, 2.05) is 25.1 Å². The maximum Gasteiger partial charge on any atom is 0.242 e. The van der Waals surface area contributed by atoms with Gasteiger partial charge in [-0.3, -0.25) is 4.79 Å². The van der Waals surface area contributed by atoms with Crippen molar-refractivity contribution in [3.8, 4) is 0 Å². The van der Waals surface area contributed by atoms with Gasteiger partial charge in [0.15, 0.2) is 0 Å². The SMILES string of the molecule is CCNCc1cccc(NC(=O)C(C)NS(C)(=O)=O)c1.Cl. The molecule has 1 atom stereocenters. The van der Waals surface area contributed by atoms with Crippen LogP contribution in [0.2, 0.25) is 0 Å². The zero-order valence-electron chi connectivity index (χ0n) is 12.3. The Morgan fingerprint density at radius 2 is 2.00 bits per heavy atom. The second-order valence-electron chi connectivity index (χ2n) is 4.58. The van der Waals surface area contributed by atoms with Crippen LogP contribution in [-0.4, -0.2) is 33.2 Å². The van der Waals surface area contributed by atoms with Crippen molar-refractivity contribution in [3.05, 3.63) is 29.8 Å². The number of nitrogens with one attached hydrogen (secondary N) is 3. The highest BCUT2D eigenvalue weighted by Gasteiger charge is 2.16. The molecule has 120 valence electrons. The molecule has 0 aromatic heterocycles. The highest BCUT2D eigenvalue weighted by Crippen LogP contribution is 2.11. The summed E-state index contributed by atoms with van der Waals surface area (Å²) in [5.74, 6) is -0.393. The maximum absolute atomic E-state index is 11.9. The molecule has 1 aromatic rings. The molecule has 1 amide bonds. The lowest BCUT2D eigenvalue weighted by molar-refractivity contribution is -0.117. The third-order valence-corrected chi connectivity index (χ3v) is 3.34. The van der Waals surface area contributed by atoms with Crippen molar-refractivity contribution >= 4 is 34.0 Å². The van der Waals surface area contributed by atoms with Crippen LogP contribution in [0.4, 0.5) is 5.69 Å². The van der Waals surface area contributed by atoms with E-state index in [-0.39, 0.29) is 12.4 Å². The first-order valence-corrected chi connectivity index (χ1v) is 8.29. The summed E-state index contributed by atoms with van der Waals surface area (Å²) in [7, 11) is -3.40. The molecule has 0 heterocycles. The van der Waals surface area contributed by atoms with Gasteiger partial charge < -0.3 is 10.6 Å². The summed E-state index contributed by atoms with van der Waals surface area (Å²) in [4.78, 5) is 11.9. The van der Waals surface area contributed by atoms with E-state index in [1.165, 1.54) is 6.92 Å². The molecule has 21 heavy (non-hydrogen) atoms. The molecule has 3 N–H and O–H groups in total. The zero-order chi connectivity index (χ0) is 15.2. The second kappa shape index (κ2) is 8.99. The normalized spacial score (nSPS) is 12.3. The molecular formula is C13H22ClN3O3S. The van der Waals surface area contributed by atoms with Gasteiger partial charge in [-0.05, 0) is 31.2 Å². The molecule has 8 heteroatoms. The molecular weight excluding hydrogens is 314 g/mol. The smallest absolute Gasteiger partial charge is 0.242 e. The number of anilines is 1. The molecule has 0 saturated heterocycles. The van der Waals surface area contributed by atoms with E-state index in [0.29, 0.717) is 5.69 Å². The van der Waals surface area contributed by atoms with Crippen molar-refractivity contribution in [2.45, 2.75) is 26.4 Å². The number of rotatable bonds is 7. The van der Waals surface area contributed by atoms with Gasteiger partial charge in [-0.15, -0.1) is 12.4 Å². The van der Waals surface area contributed by atoms with Crippen molar-refractivity contribution < 1.29 is 13.2 Å². The molecule has 1 rings (SSSR count). The Bertz CT molecular complexity index is 564. The third-order valence-electron chi connectivity index (χ3n) is 2.56. The van der Waals surface area contributed by atoms with E-state index >= 15 is 0 Å². The van der Waals surface area contributed by atoms with Crippen LogP contribution < -0.4 is 15.4 Å². The summed E-state index contributed by atoms with van der Waals surface area (Å²) in [6.45, 7) is 5.10. The van der Waals surface area contributed by atoms with Gasteiger partial charge in [0.05, 0.1) is 12.3 Å².